The number of amides is 4. The van der Waals surface area contributed by atoms with Crippen molar-refractivity contribution in [2.24, 2.45) is 5.92 Å². The maximum absolute atomic E-state index is 13.6. The number of rotatable bonds is 7. The molecule has 3 aromatic rings. The molecular formula is C34H47N7O6. The number of nitrogens with zero attached hydrogens (tertiary/aromatic N) is 5. The summed E-state index contributed by atoms with van der Waals surface area (Å²) in [6.07, 6.45) is 1.82. The molecule has 4 rings (SSSR count). The van der Waals surface area contributed by atoms with Crippen LogP contribution in [0.3, 0.4) is 0 Å². The van der Waals surface area contributed by atoms with Crippen LogP contribution in [0.5, 0.6) is 0 Å². The molecule has 0 atom stereocenters. The largest absolute Gasteiger partial charge is 0.444 e. The van der Waals surface area contributed by atoms with E-state index in [1.54, 1.807) is 42.8 Å². The Kier molecular flexibility index (Phi) is 10.8. The van der Waals surface area contributed by atoms with Gasteiger partial charge in [-0.2, -0.15) is 0 Å². The highest BCUT2D eigenvalue weighted by molar-refractivity contribution is 5.95. The summed E-state index contributed by atoms with van der Waals surface area (Å²) in [4.78, 5) is 55.3. The highest BCUT2D eigenvalue weighted by Gasteiger charge is 2.29. The Hall–Kier alpha value is -4.68. The predicted octanol–water partition coefficient (Wildman–Crippen LogP) is 5.67. The normalized spacial score (nSPS) is 13.9. The first-order valence-electron chi connectivity index (χ1n) is 16.0. The summed E-state index contributed by atoms with van der Waals surface area (Å²) < 4.78 is 12.6. The molecule has 1 aromatic carbocycles. The second-order valence-corrected chi connectivity index (χ2v) is 14.1. The number of anilines is 1. The van der Waals surface area contributed by atoms with E-state index >= 15 is 0 Å². The van der Waals surface area contributed by atoms with Crippen molar-refractivity contribution >= 4 is 40.8 Å². The average Bonchev–Trinajstić information content (AvgIpc) is 3.34. The third-order valence-corrected chi connectivity index (χ3v) is 7.32. The topological polar surface area (TPSA) is 148 Å². The van der Waals surface area contributed by atoms with Gasteiger partial charge in [0.2, 0.25) is 0 Å². The molecule has 254 valence electrons. The van der Waals surface area contributed by atoms with Crippen LogP contribution in [0.15, 0.2) is 36.5 Å². The lowest BCUT2D eigenvalue weighted by atomic mass is 10.0. The van der Waals surface area contributed by atoms with Crippen LogP contribution in [0.1, 0.15) is 83.4 Å². The van der Waals surface area contributed by atoms with Crippen molar-refractivity contribution < 1.29 is 28.7 Å². The second kappa shape index (κ2) is 14.4. The number of hydrogen-bond acceptors (Lipinski definition) is 8. The van der Waals surface area contributed by atoms with E-state index in [1.807, 2.05) is 45.0 Å². The Morgan fingerprint density at radius 3 is 2.11 bits per heavy atom. The van der Waals surface area contributed by atoms with Gasteiger partial charge in [0.15, 0.2) is 11.5 Å². The molecule has 4 amide bonds. The Morgan fingerprint density at radius 1 is 0.851 bits per heavy atom. The maximum Gasteiger partial charge on any atom is 0.419 e. The Balaban J connectivity index is 1.61. The van der Waals surface area contributed by atoms with E-state index in [9.17, 15) is 19.2 Å². The lowest BCUT2D eigenvalue weighted by molar-refractivity contribution is 0.0140. The molecule has 47 heavy (non-hydrogen) atoms. The Morgan fingerprint density at radius 2 is 1.47 bits per heavy atom. The zero-order valence-corrected chi connectivity index (χ0v) is 28.7. The SMILES string of the molecule is CC(C)CCNC(=O)Nc1nnc(C(=O)N2CCN(C(=O)OC(C)(C)C)CC2)cc1Cc1cn(C(=O)OC(C)(C)C)c2ccccc12. The average molecular weight is 650 g/mol. The summed E-state index contributed by atoms with van der Waals surface area (Å²) >= 11 is 0. The number of carbonyl (C=O) groups excluding carboxylic acids is 4. The van der Waals surface area contributed by atoms with Gasteiger partial charge >= 0.3 is 18.2 Å². The van der Waals surface area contributed by atoms with E-state index in [2.05, 4.69) is 34.7 Å². The van der Waals surface area contributed by atoms with Crippen LogP contribution in [-0.4, -0.2) is 92.6 Å². The van der Waals surface area contributed by atoms with Crippen LogP contribution in [0.25, 0.3) is 10.9 Å². The molecule has 0 radical (unpaired) electrons. The molecular weight excluding hydrogens is 602 g/mol. The summed E-state index contributed by atoms with van der Waals surface area (Å²) in [6.45, 7) is 16.7. The van der Waals surface area contributed by atoms with Gasteiger partial charge < -0.3 is 24.6 Å². The van der Waals surface area contributed by atoms with Crippen LogP contribution in [-0.2, 0) is 15.9 Å². The molecule has 1 aliphatic heterocycles. The number of nitrogens with one attached hydrogen (secondary N) is 2. The fourth-order valence-electron chi connectivity index (χ4n) is 5.04. The molecule has 0 aliphatic carbocycles. The fourth-order valence-corrected chi connectivity index (χ4v) is 5.04. The minimum absolute atomic E-state index is 0.104. The van der Waals surface area contributed by atoms with Crippen LogP contribution in [0.2, 0.25) is 0 Å². The molecule has 2 N–H and O–H groups in total. The van der Waals surface area contributed by atoms with Crippen molar-refractivity contribution in [3.63, 3.8) is 0 Å². The summed E-state index contributed by atoms with van der Waals surface area (Å²) in [6, 6.07) is 8.65. The number of para-hydroxylation sites is 1. The molecule has 0 bridgehead atoms. The zero-order chi connectivity index (χ0) is 34.5. The molecule has 13 heteroatoms. The van der Waals surface area contributed by atoms with E-state index in [4.69, 9.17) is 9.47 Å². The highest BCUT2D eigenvalue weighted by Crippen LogP contribution is 2.27. The van der Waals surface area contributed by atoms with E-state index in [1.165, 1.54) is 4.57 Å². The molecule has 1 fully saturated rings. The first-order chi connectivity index (χ1) is 22.0. The van der Waals surface area contributed by atoms with Crippen molar-refractivity contribution in [1.82, 2.24) is 29.9 Å². The number of hydrogen-bond donors (Lipinski definition) is 2. The number of benzene rings is 1. The van der Waals surface area contributed by atoms with Gasteiger partial charge in [-0.3, -0.25) is 14.7 Å². The monoisotopic (exact) mass is 649 g/mol. The summed E-state index contributed by atoms with van der Waals surface area (Å²) in [5, 5.41) is 14.9. The number of fused-ring (bicyclic) bond motifs is 1. The van der Waals surface area contributed by atoms with E-state index in [-0.39, 0.29) is 23.8 Å². The van der Waals surface area contributed by atoms with Crippen LogP contribution in [0.4, 0.5) is 20.2 Å². The first kappa shape index (κ1) is 35.2. The number of aromatic nitrogens is 3. The van der Waals surface area contributed by atoms with Crippen molar-refractivity contribution in [2.75, 3.05) is 38.0 Å². The van der Waals surface area contributed by atoms with Crippen LogP contribution in [0, 0.1) is 5.92 Å². The third-order valence-electron chi connectivity index (χ3n) is 7.32. The maximum atomic E-state index is 13.6. The first-order valence-corrected chi connectivity index (χ1v) is 16.0. The van der Waals surface area contributed by atoms with Gasteiger partial charge in [0.25, 0.3) is 5.91 Å². The quantitative estimate of drug-likeness (QED) is 0.333. The third kappa shape index (κ3) is 9.66. The summed E-state index contributed by atoms with van der Waals surface area (Å²) in [7, 11) is 0. The minimum atomic E-state index is -0.689. The number of ether oxygens (including phenoxy) is 2. The highest BCUT2D eigenvalue weighted by atomic mass is 16.6. The number of carbonyl (C=O) groups is 4. The molecule has 0 unspecified atom stereocenters. The van der Waals surface area contributed by atoms with Crippen LogP contribution >= 0.6 is 0 Å². The molecule has 1 saturated heterocycles. The molecule has 0 spiro atoms. The Bertz CT molecular complexity index is 1610. The van der Waals surface area contributed by atoms with Gasteiger partial charge in [0.1, 0.15) is 11.2 Å². The summed E-state index contributed by atoms with van der Waals surface area (Å²) in [5.74, 6) is 0.281. The smallest absolute Gasteiger partial charge is 0.419 e. The van der Waals surface area contributed by atoms with E-state index in [0.29, 0.717) is 49.7 Å². The predicted molar refractivity (Wildman–Crippen MR) is 179 cm³/mol. The minimum Gasteiger partial charge on any atom is -0.444 e. The fraction of sp³-hybridized carbons (Fsp3) is 0.529. The van der Waals surface area contributed by atoms with E-state index in [0.717, 1.165) is 17.4 Å². The number of urea groups is 1. The van der Waals surface area contributed by atoms with Gasteiger partial charge in [-0.1, -0.05) is 32.0 Å². The van der Waals surface area contributed by atoms with Crippen molar-refractivity contribution in [3.8, 4) is 0 Å². The van der Waals surface area contributed by atoms with Crippen molar-refractivity contribution in [2.45, 2.75) is 79.4 Å². The molecule has 3 heterocycles. The van der Waals surface area contributed by atoms with Gasteiger partial charge in [0.05, 0.1) is 5.52 Å². The molecule has 13 nitrogen and oxygen atoms in total. The Labute approximate surface area is 276 Å². The van der Waals surface area contributed by atoms with Crippen molar-refractivity contribution in [1.29, 1.82) is 0 Å². The second-order valence-electron chi connectivity index (χ2n) is 14.1. The zero-order valence-electron chi connectivity index (χ0n) is 28.7. The van der Waals surface area contributed by atoms with Gasteiger partial charge in [-0.15, -0.1) is 10.2 Å². The molecule has 1 aliphatic rings. The van der Waals surface area contributed by atoms with Gasteiger partial charge in [-0.05, 0) is 71.6 Å². The van der Waals surface area contributed by atoms with E-state index < -0.39 is 29.4 Å². The molecule has 2 aromatic heterocycles. The molecule has 0 saturated carbocycles. The van der Waals surface area contributed by atoms with Gasteiger partial charge in [0, 0.05) is 56.3 Å². The van der Waals surface area contributed by atoms with Gasteiger partial charge in [-0.25, -0.2) is 14.4 Å². The lowest BCUT2D eigenvalue weighted by Crippen LogP contribution is -2.51. The lowest BCUT2D eigenvalue weighted by Gasteiger charge is -2.35. The van der Waals surface area contributed by atoms with Crippen molar-refractivity contribution in [3.05, 3.63) is 53.3 Å². The number of piperazine rings is 1. The standard InChI is InChI=1S/C34H47N7O6/c1-22(2)13-14-35-30(43)36-28-23(19-24-21-41(32(45)47-34(6,7)8)27-12-10-9-11-25(24)27)20-26(37-38-28)29(42)39-15-17-40(18-16-39)31(44)46-33(3,4)5/h9-12,20-22H,13-19H2,1-8H3,(H2,35,36,38,43). The summed E-state index contributed by atoms with van der Waals surface area (Å²) in [5.41, 5.74) is 0.780. The van der Waals surface area contributed by atoms with Crippen LogP contribution < -0.4 is 10.6 Å².